The number of rotatable bonds is 4. The highest BCUT2D eigenvalue weighted by Crippen LogP contribution is 2.38. The van der Waals surface area contributed by atoms with Crippen LogP contribution in [0.15, 0.2) is 52.3 Å². The van der Waals surface area contributed by atoms with Gasteiger partial charge in [-0.2, -0.15) is 0 Å². The third-order valence-corrected chi connectivity index (χ3v) is 9.08. The van der Waals surface area contributed by atoms with Crippen LogP contribution in [0.4, 0.5) is 11.4 Å². The Morgan fingerprint density at radius 1 is 1.16 bits per heavy atom. The second-order valence-corrected chi connectivity index (χ2v) is 11.6. The van der Waals surface area contributed by atoms with Crippen molar-refractivity contribution in [3.05, 3.63) is 48.0 Å². The molecule has 0 unspecified atom stereocenters. The van der Waals surface area contributed by atoms with Gasteiger partial charge < -0.3 is 10.2 Å². The van der Waals surface area contributed by atoms with Crippen LogP contribution in [0.3, 0.4) is 0 Å². The second kappa shape index (κ2) is 8.78. The van der Waals surface area contributed by atoms with E-state index in [2.05, 4.69) is 12.2 Å². The van der Waals surface area contributed by atoms with Crippen molar-refractivity contribution in [1.29, 1.82) is 0 Å². The van der Waals surface area contributed by atoms with Gasteiger partial charge in [0, 0.05) is 25.0 Å². The summed E-state index contributed by atoms with van der Waals surface area (Å²) in [4.78, 5) is 28.2. The maximum atomic E-state index is 13.2. The number of amides is 2. The first-order chi connectivity index (χ1) is 15.2. The van der Waals surface area contributed by atoms with E-state index in [-0.39, 0.29) is 10.8 Å². The first kappa shape index (κ1) is 22.7. The molecule has 1 N–H and O–H groups in total. The van der Waals surface area contributed by atoms with Gasteiger partial charge in [-0.1, -0.05) is 19.1 Å². The highest BCUT2D eigenvalue weighted by molar-refractivity contribution is 8.01. The molecule has 4 rings (SSSR count). The number of hydrogen-bond donors (Lipinski definition) is 1. The van der Waals surface area contributed by atoms with E-state index >= 15 is 0 Å². The SMILES string of the molecule is Cc1cccc(N(C)S(=O)(=O)c2ccc3c(c2)NC(=O)[C@H](C(=O)N2CCC(C)CC2)S3)c1. The molecule has 1 fully saturated rings. The fraction of sp³-hybridized carbons (Fsp3) is 0.391. The van der Waals surface area contributed by atoms with Gasteiger partial charge in [0.2, 0.25) is 11.8 Å². The van der Waals surface area contributed by atoms with Crippen LogP contribution in [0.5, 0.6) is 0 Å². The van der Waals surface area contributed by atoms with Crippen LogP contribution in [-0.4, -0.2) is 50.5 Å². The molecule has 32 heavy (non-hydrogen) atoms. The zero-order valence-corrected chi connectivity index (χ0v) is 20.0. The summed E-state index contributed by atoms with van der Waals surface area (Å²) in [5.41, 5.74) is 1.93. The lowest BCUT2D eigenvalue weighted by atomic mass is 9.99. The first-order valence-corrected chi connectivity index (χ1v) is 12.9. The number of thioether (sulfide) groups is 1. The molecule has 2 aliphatic rings. The lowest BCUT2D eigenvalue weighted by Gasteiger charge is -2.34. The number of nitrogens with zero attached hydrogens (tertiary/aromatic N) is 2. The van der Waals surface area contributed by atoms with Gasteiger partial charge in [-0.15, -0.1) is 11.8 Å². The van der Waals surface area contributed by atoms with E-state index in [1.54, 1.807) is 29.2 Å². The molecule has 0 saturated carbocycles. The number of piperidine rings is 1. The molecule has 9 heteroatoms. The van der Waals surface area contributed by atoms with Crippen molar-refractivity contribution in [1.82, 2.24) is 4.90 Å². The van der Waals surface area contributed by atoms with E-state index in [0.717, 1.165) is 18.4 Å². The standard InChI is InChI=1S/C23H27N3O4S2/c1-15-9-11-26(12-10-15)23(28)21-22(27)24-19-14-18(7-8-20(19)31-21)32(29,30)25(3)17-6-4-5-16(2)13-17/h4-8,13-15,21H,9-12H2,1-3H3,(H,24,27)/t21-/m1/s1. The van der Waals surface area contributed by atoms with Gasteiger partial charge in [0.1, 0.15) is 0 Å². The monoisotopic (exact) mass is 473 g/mol. The van der Waals surface area contributed by atoms with Crippen LogP contribution in [0.25, 0.3) is 0 Å². The molecule has 2 heterocycles. The van der Waals surface area contributed by atoms with Gasteiger partial charge in [0.25, 0.3) is 10.0 Å². The van der Waals surface area contributed by atoms with Crippen molar-refractivity contribution in [2.45, 2.75) is 41.7 Å². The van der Waals surface area contributed by atoms with E-state index in [4.69, 9.17) is 0 Å². The zero-order valence-electron chi connectivity index (χ0n) is 18.4. The highest BCUT2D eigenvalue weighted by atomic mass is 32.2. The predicted molar refractivity (Wildman–Crippen MR) is 126 cm³/mol. The minimum absolute atomic E-state index is 0.0796. The molecule has 0 spiro atoms. The topological polar surface area (TPSA) is 86.8 Å². The number of sulfonamides is 1. The van der Waals surface area contributed by atoms with Crippen molar-refractivity contribution in [2.75, 3.05) is 29.8 Å². The average molecular weight is 474 g/mol. The lowest BCUT2D eigenvalue weighted by molar-refractivity contribution is -0.135. The van der Waals surface area contributed by atoms with Gasteiger partial charge in [-0.05, 0) is 61.6 Å². The van der Waals surface area contributed by atoms with Crippen molar-refractivity contribution in [2.24, 2.45) is 5.92 Å². The Balaban J connectivity index is 1.55. The van der Waals surface area contributed by atoms with Gasteiger partial charge in [-0.25, -0.2) is 8.42 Å². The Hall–Kier alpha value is -2.52. The summed E-state index contributed by atoms with van der Waals surface area (Å²) >= 11 is 1.18. The Morgan fingerprint density at radius 3 is 2.56 bits per heavy atom. The van der Waals surface area contributed by atoms with E-state index in [0.29, 0.717) is 35.3 Å². The zero-order chi connectivity index (χ0) is 23.0. The van der Waals surface area contributed by atoms with Crippen LogP contribution in [-0.2, 0) is 19.6 Å². The smallest absolute Gasteiger partial charge is 0.264 e. The maximum Gasteiger partial charge on any atom is 0.264 e. The number of fused-ring (bicyclic) bond motifs is 1. The van der Waals surface area contributed by atoms with Crippen LogP contribution >= 0.6 is 11.8 Å². The molecular weight excluding hydrogens is 446 g/mol. The molecule has 2 amide bonds. The molecule has 0 aliphatic carbocycles. The number of nitrogens with one attached hydrogen (secondary N) is 1. The molecule has 7 nitrogen and oxygen atoms in total. The van der Waals surface area contributed by atoms with Gasteiger partial charge in [0.05, 0.1) is 16.3 Å². The van der Waals surface area contributed by atoms with Crippen molar-refractivity contribution in [3.8, 4) is 0 Å². The lowest BCUT2D eigenvalue weighted by Crippen LogP contribution is -2.47. The molecule has 2 aromatic carbocycles. The average Bonchev–Trinajstić information content (AvgIpc) is 2.77. The summed E-state index contributed by atoms with van der Waals surface area (Å²) in [5.74, 6) is -0.000416. The highest BCUT2D eigenvalue weighted by Gasteiger charge is 2.37. The molecule has 170 valence electrons. The maximum absolute atomic E-state index is 13.2. The van der Waals surface area contributed by atoms with E-state index in [9.17, 15) is 18.0 Å². The Bertz CT molecular complexity index is 1160. The van der Waals surface area contributed by atoms with Gasteiger partial charge >= 0.3 is 0 Å². The molecule has 2 aromatic rings. The normalized spacial score (nSPS) is 19.3. The molecular formula is C23H27N3O4S2. The van der Waals surface area contributed by atoms with E-state index in [1.807, 2.05) is 13.0 Å². The van der Waals surface area contributed by atoms with Crippen LogP contribution in [0.2, 0.25) is 0 Å². The fourth-order valence-electron chi connectivity index (χ4n) is 3.93. The first-order valence-electron chi connectivity index (χ1n) is 10.6. The van der Waals surface area contributed by atoms with Crippen molar-refractivity contribution >= 4 is 45.0 Å². The van der Waals surface area contributed by atoms with Crippen molar-refractivity contribution < 1.29 is 18.0 Å². The van der Waals surface area contributed by atoms with E-state index in [1.165, 1.54) is 35.2 Å². The third kappa shape index (κ3) is 4.36. The molecule has 2 aliphatic heterocycles. The third-order valence-electron chi connectivity index (χ3n) is 6.04. The molecule has 0 aromatic heterocycles. The summed E-state index contributed by atoms with van der Waals surface area (Å²) in [5, 5.41) is 1.90. The van der Waals surface area contributed by atoms with E-state index < -0.39 is 21.2 Å². The van der Waals surface area contributed by atoms with Crippen LogP contribution in [0, 0.1) is 12.8 Å². The number of likely N-dealkylation sites (tertiary alicyclic amines) is 1. The molecule has 0 bridgehead atoms. The number of hydrogen-bond acceptors (Lipinski definition) is 5. The summed E-state index contributed by atoms with van der Waals surface area (Å²) in [6.07, 6.45) is 1.88. The molecule has 0 radical (unpaired) electrons. The fourth-order valence-corrected chi connectivity index (χ4v) is 6.19. The number of anilines is 2. The Labute approximate surface area is 193 Å². The summed E-state index contributed by atoms with van der Waals surface area (Å²) in [6.45, 7) is 5.40. The quantitative estimate of drug-likeness (QED) is 0.687. The Morgan fingerprint density at radius 2 is 1.88 bits per heavy atom. The van der Waals surface area contributed by atoms with Crippen molar-refractivity contribution in [3.63, 3.8) is 0 Å². The summed E-state index contributed by atoms with van der Waals surface area (Å²) < 4.78 is 27.6. The number of carbonyl (C=O) groups excluding carboxylic acids is 2. The molecule has 1 saturated heterocycles. The minimum Gasteiger partial charge on any atom is -0.341 e. The largest absolute Gasteiger partial charge is 0.341 e. The van der Waals surface area contributed by atoms with Crippen LogP contribution < -0.4 is 9.62 Å². The number of carbonyl (C=O) groups is 2. The van der Waals surface area contributed by atoms with Gasteiger partial charge in [-0.3, -0.25) is 13.9 Å². The second-order valence-electron chi connectivity index (χ2n) is 8.46. The van der Waals surface area contributed by atoms with Gasteiger partial charge in [0.15, 0.2) is 5.25 Å². The number of aryl methyl sites for hydroxylation is 1. The summed E-state index contributed by atoms with van der Waals surface area (Å²) in [6, 6.07) is 11.9. The Kier molecular flexibility index (Phi) is 6.22. The molecule has 1 atom stereocenters. The predicted octanol–water partition coefficient (Wildman–Crippen LogP) is 3.49. The minimum atomic E-state index is -3.81. The summed E-state index contributed by atoms with van der Waals surface area (Å²) in [7, 11) is -2.31. The van der Waals surface area contributed by atoms with Crippen LogP contribution in [0.1, 0.15) is 25.3 Å². The number of benzene rings is 2.